The van der Waals surface area contributed by atoms with E-state index in [9.17, 15) is 4.39 Å². The van der Waals surface area contributed by atoms with E-state index >= 15 is 0 Å². The average Bonchev–Trinajstić information content (AvgIpc) is 3.04. The fraction of sp³-hybridized carbons (Fsp3) is 0.267. The second kappa shape index (κ2) is 6.38. The number of hydrogen-bond acceptors (Lipinski definition) is 5. The summed E-state index contributed by atoms with van der Waals surface area (Å²) in [6.45, 7) is 1.61. The number of aryl methyl sites for hydroxylation is 1. The number of anilines is 1. The zero-order chi connectivity index (χ0) is 15.4. The monoisotopic (exact) mass is 301 g/mol. The van der Waals surface area contributed by atoms with Gasteiger partial charge in [-0.05, 0) is 12.5 Å². The highest BCUT2D eigenvalue weighted by Crippen LogP contribution is 2.27. The quantitative estimate of drug-likeness (QED) is 0.709. The predicted molar refractivity (Wildman–Crippen MR) is 81.4 cm³/mol. The first-order chi connectivity index (χ1) is 10.8. The number of benzene rings is 1. The van der Waals surface area contributed by atoms with Crippen LogP contribution in [0.25, 0.3) is 10.9 Å². The minimum atomic E-state index is -0.431. The number of methoxy groups -OCH3 is 1. The summed E-state index contributed by atoms with van der Waals surface area (Å²) in [5, 5.41) is 4.00. The van der Waals surface area contributed by atoms with E-state index in [0.29, 0.717) is 11.3 Å². The Labute approximate surface area is 127 Å². The number of hydrogen-bond donors (Lipinski definition) is 1. The average molecular weight is 301 g/mol. The van der Waals surface area contributed by atoms with Crippen LogP contribution in [-0.2, 0) is 6.54 Å². The topological polar surface area (TPSA) is 64.9 Å². The zero-order valence-corrected chi connectivity index (χ0v) is 12.2. The molecule has 3 aromatic rings. The molecule has 0 saturated carbocycles. The van der Waals surface area contributed by atoms with Gasteiger partial charge in [-0.1, -0.05) is 0 Å². The van der Waals surface area contributed by atoms with Crippen molar-refractivity contribution in [3.8, 4) is 5.75 Å². The Morgan fingerprint density at radius 1 is 1.32 bits per heavy atom. The Morgan fingerprint density at radius 3 is 3.00 bits per heavy atom. The first-order valence-corrected chi connectivity index (χ1v) is 6.96. The molecular weight excluding hydrogens is 285 g/mol. The molecule has 0 bridgehead atoms. The van der Waals surface area contributed by atoms with E-state index in [1.54, 1.807) is 18.6 Å². The van der Waals surface area contributed by atoms with Gasteiger partial charge in [0, 0.05) is 36.9 Å². The van der Waals surface area contributed by atoms with Crippen LogP contribution in [0.4, 0.5) is 10.2 Å². The van der Waals surface area contributed by atoms with E-state index in [1.165, 1.54) is 19.5 Å². The van der Waals surface area contributed by atoms with Crippen molar-refractivity contribution in [2.24, 2.45) is 0 Å². The van der Waals surface area contributed by atoms with Crippen LogP contribution in [0.3, 0.4) is 0 Å². The summed E-state index contributed by atoms with van der Waals surface area (Å²) >= 11 is 0. The highest BCUT2D eigenvalue weighted by Gasteiger charge is 2.09. The number of aromatic nitrogens is 4. The number of rotatable bonds is 6. The lowest BCUT2D eigenvalue weighted by molar-refractivity contribution is 0.387. The van der Waals surface area contributed by atoms with Gasteiger partial charge >= 0.3 is 0 Å². The van der Waals surface area contributed by atoms with Gasteiger partial charge in [0.25, 0.3) is 0 Å². The SMILES string of the molecule is COc1cc2c(NCCCn3ccnc3)ncnc2cc1F. The normalized spacial score (nSPS) is 10.8. The molecule has 7 heteroatoms. The Morgan fingerprint density at radius 2 is 2.23 bits per heavy atom. The molecule has 0 amide bonds. The maximum atomic E-state index is 13.7. The third-order valence-electron chi connectivity index (χ3n) is 3.35. The van der Waals surface area contributed by atoms with Crippen LogP contribution in [0.15, 0.2) is 37.2 Å². The number of imidazole rings is 1. The van der Waals surface area contributed by atoms with E-state index in [4.69, 9.17) is 4.74 Å². The lowest BCUT2D eigenvalue weighted by Crippen LogP contribution is -2.07. The van der Waals surface area contributed by atoms with Gasteiger partial charge in [0.05, 0.1) is 19.0 Å². The number of nitrogens with one attached hydrogen (secondary N) is 1. The van der Waals surface area contributed by atoms with Gasteiger partial charge in [-0.15, -0.1) is 0 Å². The molecule has 1 aromatic carbocycles. The third-order valence-corrected chi connectivity index (χ3v) is 3.35. The summed E-state index contributed by atoms with van der Waals surface area (Å²) in [5.41, 5.74) is 0.547. The lowest BCUT2D eigenvalue weighted by Gasteiger charge is -2.10. The van der Waals surface area contributed by atoms with Crippen molar-refractivity contribution in [2.45, 2.75) is 13.0 Å². The number of fused-ring (bicyclic) bond motifs is 1. The molecule has 3 rings (SSSR count). The summed E-state index contributed by atoms with van der Waals surface area (Å²) in [6.07, 6.45) is 7.81. The van der Waals surface area contributed by atoms with E-state index in [0.717, 1.165) is 24.9 Å². The fourth-order valence-corrected chi connectivity index (χ4v) is 2.24. The van der Waals surface area contributed by atoms with E-state index < -0.39 is 5.82 Å². The summed E-state index contributed by atoms with van der Waals surface area (Å²) in [6, 6.07) is 2.97. The molecule has 0 spiro atoms. The van der Waals surface area contributed by atoms with Crippen LogP contribution in [0.1, 0.15) is 6.42 Å². The molecule has 0 atom stereocenters. The van der Waals surface area contributed by atoms with Crippen molar-refractivity contribution in [3.63, 3.8) is 0 Å². The molecule has 1 N–H and O–H groups in total. The first-order valence-electron chi connectivity index (χ1n) is 6.96. The molecule has 0 saturated heterocycles. The largest absolute Gasteiger partial charge is 0.494 e. The van der Waals surface area contributed by atoms with Gasteiger partial charge in [-0.25, -0.2) is 19.3 Å². The molecule has 0 radical (unpaired) electrons. The van der Waals surface area contributed by atoms with Crippen LogP contribution in [0, 0.1) is 5.82 Å². The van der Waals surface area contributed by atoms with Crippen LogP contribution in [0.2, 0.25) is 0 Å². The second-order valence-corrected chi connectivity index (χ2v) is 4.81. The number of halogens is 1. The van der Waals surface area contributed by atoms with E-state index in [-0.39, 0.29) is 5.75 Å². The van der Waals surface area contributed by atoms with Gasteiger partial charge in [0.15, 0.2) is 11.6 Å². The smallest absolute Gasteiger partial charge is 0.167 e. The Hall–Kier alpha value is -2.70. The van der Waals surface area contributed by atoms with Crippen LogP contribution in [0.5, 0.6) is 5.75 Å². The Balaban J connectivity index is 1.72. The van der Waals surface area contributed by atoms with Gasteiger partial charge in [-0.2, -0.15) is 0 Å². The van der Waals surface area contributed by atoms with Gasteiger partial charge < -0.3 is 14.6 Å². The predicted octanol–water partition coefficient (Wildman–Crippen LogP) is 2.48. The molecule has 2 heterocycles. The third kappa shape index (κ3) is 2.98. The summed E-state index contributed by atoms with van der Waals surface area (Å²) in [7, 11) is 1.44. The molecule has 114 valence electrons. The molecule has 0 aliphatic rings. The Kier molecular flexibility index (Phi) is 4.13. The summed E-state index contributed by atoms with van der Waals surface area (Å²) in [4.78, 5) is 12.3. The van der Waals surface area contributed by atoms with Crippen molar-refractivity contribution in [1.29, 1.82) is 0 Å². The van der Waals surface area contributed by atoms with Crippen molar-refractivity contribution in [2.75, 3.05) is 19.0 Å². The zero-order valence-electron chi connectivity index (χ0n) is 12.2. The van der Waals surface area contributed by atoms with E-state index in [1.807, 2.05) is 10.8 Å². The number of nitrogens with zero attached hydrogens (tertiary/aromatic N) is 4. The van der Waals surface area contributed by atoms with Crippen molar-refractivity contribution in [3.05, 3.63) is 43.0 Å². The second-order valence-electron chi connectivity index (χ2n) is 4.81. The van der Waals surface area contributed by atoms with E-state index in [2.05, 4.69) is 20.3 Å². The molecule has 0 unspecified atom stereocenters. The standard InChI is InChI=1S/C15H16FN5O/c1-22-14-7-11-13(8-12(14)16)19-9-20-15(11)18-3-2-5-21-6-4-17-10-21/h4,6-10H,2-3,5H2,1H3,(H,18,19,20). The molecule has 22 heavy (non-hydrogen) atoms. The highest BCUT2D eigenvalue weighted by molar-refractivity contribution is 5.90. The summed E-state index contributed by atoms with van der Waals surface area (Å²) in [5.74, 6) is 0.428. The van der Waals surface area contributed by atoms with Crippen molar-refractivity contribution < 1.29 is 9.13 Å². The molecule has 0 aliphatic heterocycles. The number of ether oxygens (including phenoxy) is 1. The first kappa shape index (κ1) is 14.2. The van der Waals surface area contributed by atoms with Crippen LogP contribution >= 0.6 is 0 Å². The van der Waals surface area contributed by atoms with Crippen LogP contribution < -0.4 is 10.1 Å². The fourth-order valence-electron chi connectivity index (χ4n) is 2.24. The highest BCUT2D eigenvalue weighted by atomic mass is 19.1. The Bertz CT molecular complexity index is 760. The van der Waals surface area contributed by atoms with Crippen molar-refractivity contribution >= 4 is 16.7 Å². The minimum Gasteiger partial charge on any atom is -0.494 e. The molecule has 2 aromatic heterocycles. The van der Waals surface area contributed by atoms with Gasteiger partial charge in [0.2, 0.25) is 0 Å². The van der Waals surface area contributed by atoms with Crippen LogP contribution in [-0.4, -0.2) is 33.2 Å². The maximum Gasteiger partial charge on any atom is 0.167 e. The molecule has 0 aliphatic carbocycles. The minimum absolute atomic E-state index is 0.184. The molecule has 0 fully saturated rings. The summed E-state index contributed by atoms with van der Waals surface area (Å²) < 4.78 is 20.7. The van der Waals surface area contributed by atoms with Crippen molar-refractivity contribution in [1.82, 2.24) is 19.5 Å². The van der Waals surface area contributed by atoms with Gasteiger partial charge in [0.1, 0.15) is 12.1 Å². The molecular formula is C15H16FN5O. The maximum absolute atomic E-state index is 13.7. The lowest BCUT2D eigenvalue weighted by atomic mass is 10.2. The molecule has 6 nitrogen and oxygen atoms in total. The van der Waals surface area contributed by atoms with Gasteiger partial charge in [-0.3, -0.25) is 0 Å².